The molecule has 102 valence electrons. The molecule has 0 amide bonds. The molecule has 0 N–H and O–H groups in total. The van der Waals surface area contributed by atoms with Crippen LogP contribution in [0.4, 0.5) is 0 Å². The lowest BCUT2D eigenvalue weighted by atomic mass is 9.87. The first-order chi connectivity index (χ1) is 7.95. The van der Waals surface area contributed by atoms with Crippen LogP contribution in [0.2, 0.25) is 0 Å². The van der Waals surface area contributed by atoms with Gasteiger partial charge in [-0.25, -0.2) is 0 Å². The number of esters is 1. The van der Waals surface area contributed by atoms with Gasteiger partial charge in [-0.1, -0.05) is 5.98 Å². The van der Waals surface area contributed by atoms with Gasteiger partial charge in [-0.15, -0.1) is 0 Å². The fourth-order valence-corrected chi connectivity index (χ4v) is 1.68. The van der Waals surface area contributed by atoms with Crippen molar-refractivity contribution in [2.45, 2.75) is 65.3 Å². The minimum Gasteiger partial charge on any atom is -0.456 e. The topological polar surface area (TPSA) is 44.8 Å². The van der Waals surface area contributed by atoms with E-state index < -0.39 is 12.7 Å². The van der Waals surface area contributed by atoms with E-state index in [0.717, 1.165) is 0 Å². The minimum absolute atomic E-state index is 0.307. The molecule has 0 aromatic rings. The molecule has 1 fully saturated rings. The molecule has 0 aromatic heterocycles. The highest BCUT2D eigenvalue weighted by Gasteiger charge is 2.50. The Morgan fingerprint density at radius 2 is 1.61 bits per heavy atom. The van der Waals surface area contributed by atoms with Crippen LogP contribution in [0.5, 0.6) is 0 Å². The predicted octanol–water partition coefficient (Wildman–Crippen LogP) is 2.52. The first-order valence-electron chi connectivity index (χ1n) is 6.20. The second kappa shape index (κ2) is 4.70. The lowest BCUT2D eigenvalue weighted by molar-refractivity contribution is -0.149. The van der Waals surface area contributed by atoms with Crippen LogP contribution in [0.25, 0.3) is 0 Å². The van der Waals surface area contributed by atoms with Gasteiger partial charge >= 0.3 is 13.1 Å². The molecule has 0 spiro atoms. The van der Waals surface area contributed by atoms with Crippen molar-refractivity contribution in [1.82, 2.24) is 0 Å². The van der Waals surface area contributed by atoms with E-state index in [9.17, 15) is 4.79 Å². The maximum Gasteiger partial charge on any atom is 0.486 e. The average molecular weight is 254 g/mol. The smallest absolute Gasteiger partial charge is 0.456 e. The second-order valence-electron chi connectivity index (χ2n) is 6.18. The molecule has 0 saturated carbocycles. The molecule has 1 saturated heterocycles. The molecule has 0 bridgehead atoms. The zero-order chi connectivity index (χ0) is 14.2. The number of hydrogen-bond acceptors (Lipinski definition) is 4. The van der Waals surface area contributed by atoms with Crippen molar-refractivity contribution in [1.29, 1.82) is 0 Å². The third-order valence-electron chi connectivity index (χ3n) is 3.33. The van der Waals surface area contributed by atoms with Crippen LogP contribution in [0, 0.1) is 0 Å². The van der Waals surface area contributed by atoms with Gasteiger partial charge in [-0.2, -0.15) is 0 Å². The Bertz CT molecular complexity index is 342. The Morgan fingerprint density at radius 1 is 1.17 bits per heavy atom. The predicted molar refractivity (Wildman–Crippen MR) is 71.1 cm³/mol. The molecule has 0 atom stereocenters. The van der Waals surface area contributed by atoms with Crippen molar-refractivity contribution in [3.05, 3.63) is 12.1 Å². The van der Waals surface area contributed by atoms with Crippen LogP contribution in [-0.4, -0.2) is 29.9 Å². The summed E-state index contributed by atoms with van der Waals surface area (Å²) in [5.74, 6) is 1.48. The minimum atomic E-state index is -0.657. The molecule has 1 rings (SSSR count). The Morgan fingerprint density at radius 3 is 2.00 bits per heavy atom. The molecule has 1 aliphatic heterocycles. The maximum atomic E-state index is 10.9. The Kier molecular flexibility index (Phi) is 3.99. The highest BCUT2D eigenvalue weighted by Crippen LogP contribution is 2.37. The third-order valence-corrected chi connectivity index (χ3v) is 3.33. The summed E-state index contributed by atoms with van der Waals surface area (Å²) in [5.41, 5.74) is -1.36. The van der Waals surface area contributed by atoms with Gasteiger partial charge in [0.15, 0.2) is 0 Å². The Labute approximate surface area is 110 Å². The van der Waals surface area contributed by atoms with Gasteiger partial charge in [0, 0.05) is 6.92 Å². The molecule has 0 unspecified atom stereocenters. The van der Waals surface area contributed by atoms with Crippen molar-refractivity contribution in [2.75, 3.05) is 0 Å². The molecule has 1 heterocycles. The van der Waals surface area contributed by atoms with Crippen molar-refractivity contribution >= 4 is 13.1 Å². The standard InChI is InChI=1S/C13H23BO4/c1-10(15)16-11(2,3)8-9-14-17-12(4,5)13(6,7)18-14/h8-9H,1-7H3/b9-8+. The van der Waals surface area contributed by atoms with Gasteiger partial charge in [0.25, 0.3) is 0 Å². The molecule has 4 nitrogen and oxygen atoms in total. The highest BCUT2D eigenvalue weighted by molar-refractivity contribution is 6.51. The lowest BCUT2D eigenvalue weighted by Gasteiger charge is -2.32. The number of rotatable bonds is 3. The maximum absolute atomic E-state index is 10.9. The van der Waals surface area contributed by atoms with Gasteiger partial charge in [0.2, 0.25) is 0 Å². The first kappa shape index (κ1) is 15.3. The summed E-state index contributed by atoms with van der Waals surface area (Å²) in [6.07, 6.45) is 1.79. The number of ether oxygens (including phenoxy) is 1. The number of carbonyl (C=O) groups is 1. The lowest BCUT2D eigenvalue weighted by Crippen LogP contribution is -2.41. The normalized spacial score (nSPS) is 22.5. The Hall–Kier alpha value is -0.805. The van der Waals surface area contributed by atoms with Crippen molar-refractivity contribution in [3.8, 4) is 0 Å². The van der Waals surface area contributed by atoms with Crippen molar-refractivity contribution in [3.63, 3.8) is 0 Å². The van der Waals surface area contributed by atoms with E-state index in [1.807, 2.05) is 41.5 Å². The van der Waals surface area contributed by atoms with E-state index in [-0.39, 0.29) is 17.2 Å². The quantitative estimate of drug-likeness (QED) is 0.573. The molecule has 0 aromatic carbocycles. The van der Waals surface area contributed by atoms with Crippen LogP contribution in [0.3, 0.4) is 0 Å². The van der Waals surface area contributed by atoms with Crippen LogP contribution < -0.4 is 0 Å². The van der Waals surface area contributed by atoms with E-state index in [1.54, 1.807) is 12.1 Å². The molecular formula is C13H23BO4. The van der Waals surface area contributed by atoms with Crippen molar-refractivity contribution in [2.24, 2.45) is 0 Å². The summed E-state index contributed by atoms with van der Waals surface area (Å²) in [4.78, 5) is 10.9. The van der Waals surface area contributed by atoms with Crippen LogP contribution >= 0.6 is 0 Å². The summed E-state index contributed by atoms with van der Waals surface area (Å²) >= 11 is 0. The van der Waals surface area contributed by atoms with Crippen LogP contribution in [0.1, 0.15) is 48.5 Å². The largest absolute Gasteiger partial charge is 0.486 e. The summed E-state index contributed by atoms with van der Waals surface area (Å²) in [5, 5.41) is 0. The Balaban J connectivity index is 2.68. The molecule has 0 radical (unpaired) electrons. The van der Waals surface area contributed by atoms with Gasteiger partial charge in [0.1, 0.15) is 5.60 Å². The molecule has 0 aliphatic carbocycles. The van der Waals surface area contributed by atoms with Gasteiger partial charge in [0.05, 0.1) is 11.2 Å². The van der Waals surface area contributed by atoms with Gasteiger partial charge < -0.3 is 14.0 Å². The third kappa shape index (κ3) is 3.59. The molecule has 18 heavy (non-hydrogen) atoms. The fraction of sp³-hybridized carbons (Fsp3) is 0.769. The zero-order valence-electron chi connectivity index (χ0n) is 12.4. The van der Waals surface area contributed by atoms with Gasteiger partial charge in [-0.3, -0.25) is 4.79 Å². The van der Waals surface area contributed by atoms with E-state index in [2.05, 4.69) is 0 Å². The monoisotopic (exact) mass is 254 g/mol. The van der Waals surface area contributed by atoms with E-state index >= 15 is 0 Å². The summed E-state index contributed by atoms with van der Waals surface area (Å²) in [6.45, 7) is 13.0. The second-order valence-corrected chi connectivity index (χ2v) is 6.18. The summed E-state index contributed by atoms with van der Waals surface area (Å²) < 4.78 is 16.8. The molecule has 1 aliphatic rings. The van der Waals surface area contributed by atoms with Crippen LogP contribution in [0.15, 0.2) is 12.1 Å². The fourth-order valence-electron chi connectivity index (χ4n) is 1.68. The van der Waals surface area contributed by atoms with E-state index in [1.165, 1.54) is 6.92 Å². The highest BCUT2D eigenvalue weighted by atomic mass is 16.7. The average Bonchev–Trinajstić information content (AvgIpc) is 2.30. The SMILES string of the molecule is CC(=O)OC(C)(C)/C=C/B1OC(C)(C)C(C)(C)O1. The van der Waals surface area contributed by atoms with E-state index in [4.69, 9.17) is 14.0 Å². The molecular weight excluding hydrogens is 231 g/mol. The number of hydrogen-bond donors (Lipinski definition) is 0. The van der Waals surface area contributed by atoms with Crippen molar-refractivity contribution < 1.29 is 18.8 Å². The zero-order valence-corrected chi connectivity index (χ0v) is 12.4. The molecule has 5 heteroatoms. The van der Waals surface area contributed by atoms with Gasteiger partial charge in [-0.05, 0) is 47.6 Å². The van der Waals surface area contributed by atoms with Crippen LogP contribution in [-0.2, 0) is 18.8 Å². The summed E-state index contributed by atoms with van der Waals surface area (Å²) in [7, 11) is -0.412. The van der Waals surface area contributed by atoms with E-state index in [0.29, 0.717) is 0 Å². The number of carbonyl (C=O) groups excluding carboxylic acids is 1. The summed E-state index contributed by atoms with van der Waals surface area (Å²) in [6, 6.07) is 0. The first-order valence-corrected chi connectivity index (χ1v) is 6.20.